The van der Waals surface area contributed by atoms with Gasteiger partial charge in [-0.25, -0.2) is 4.79 Å². The molecule has 1 amide bonds. The lowest BCUT2D eigenvalue weighted by molar-refractivity contribution is -0.124. The minimum Gasteiger partial charge on any atom is -0.508 e. The van der Waals surface area contributed by atoms with Crippen molar-refractivity contribution in [2.24, 2.45) is 0 Å². The molecule has 2 aliphatic rings. The van der Waals surface area contributed by atoms with Gasteiger partial charge in [-0.2, -0.15) is 0 Å². The third kappa shape index (κ3) is 3.84. The molecule has 2 heterocycles. The van der Waals surface area contributed by atoms with E-state index in [0.717, 1.165) is 30.5 Å². The van der Waals surface area contributed by atoms with E-state index in [1.54, 1.807) is 24.3 Å². The minimum absolute atomic E-state index is 0.0780. The maximum Gasteiger partial charge on any atom is 0.417 e. The van der Waals surface area contributed by atoms with Crippen molar-refractivity contribution in [2.45, 2.75) is 36.8 Å². The van der Waals surface area contributed by atoms with Crippen molar-refractivity contribution in [1.29, 1.82) is 0 Å². The summed E-state index contributed by atoms with van der Waals surface area (Å²) >= 11 is 0. The van der Waals surface area contributed by atoms with Crippen molar-refractivity contribution in [2.75, 3.05) is 19.6 Å². The second-order valence-electron chi connectivity index (χ2n) is 8.63. The van der Waals surface area contributed by atoms with E-state index >= 15 is 0 Å². The van der Waals surface area contributed by atoms with E-state index in [2.05, 4.69) is 15.2 Å². The first kappa shape index (κ1) is 19.8. The lowest BCUT2D eigenvalue weighted by atomic mass is 9.93. The van der Waals surface area contributed by atoms with E-state index in [4.69, 9.17) is 4.42 Å². The highest BCUT2D eigenvalue weighted by Gasteiger charge is 2.52. The van der Waals surface area contributed by atoms with Crippen molar-refractivity contribution in [3.63, 3.8) is 0 Å². The van der Waals surface area contributed by atoms with Gasteiger partial charge in [0.25, 0.3) is 0 Å². The molecule has 1 aliphatic carbocycles. The minimum atomic E-state index is -0.637. The van der Waals surface area contributed by atoms with Crippen molar-refractivity contribution in [1.82, 2.24) is 15.2 Å². The molecule has 2 aromatic carbocycles. The Hall–Kier alpha value is -3.10. The topological polar surface area (TPSA) is 119 Å². The number of H-pyrrole nitrogens is 1. The molecule has 4 N–H and O–H groups in total. The number of hydrogen-bond acceptors (Lipinski definition) is 6. The van der Waals surface area contributed by atoms with Crippen LogP contribution in [0.1, 0.15) is 36.4 Å². The van der Waals surface area contributed by atoms with Crippen molar-refractivity contribution in [3.05, 3.63) is 64.1 Å². The standard InChI is InChI=1S/C23H25N3O5/c27-16-3-1-2-14(10-16)19(13-26-9-6-17(28)12-26)24-21(29)23(7-8-23)15-4-5-20-18(11-15)25-22(30)31-20/h1-5,10-11,17,19,27-28H,6-9,12-13H2,(H,24,29)(H,25,30)/t17?,19-/m1/s1. The Bertz CT molecular complexity index is 1180. The summed E-state index contributed by atoms with van der Waals surface area (Å²) in [7, 11) is 0. The number of hydrogen-bond donors (Lipinski definition) is 4. The smallest absolute Gasteiger partial charge is 0.417 e. The quantitative estimate of drug-likeness (QED) is 0.480. The number of nitrogens with zero attached hydrogens (tertiary/aromatic N) is 1. The summed E-state index contributed by atoms with van der Waals surface area (Å²) in [5, 5.41) is 23.0. The maximum absolute atomic E-state index is 13.4. The largest absolute Gasteiger partial charge is 0.508 e. The lowest BCUT2D eigenvalue weighted by Crippen LogP contribution is -2.42. The summed E-state index contributed by atoms with van der Waals surface area (Å²) in [4.78, 5) is 29.7. The predicted octanol–water partition coefficient (Wildman–Crippen LogP) is 1.78. The van der Waals surface area contributed by atoms with Gasteiger partial charge in [-0.15, -0.1) is 0 Å². The molecule has 1 unspecified atom stereocenters. The van der Waals surface area contributed by atoms with E-state index in [1.165, 1.54) is 0 Å². The first-order valence-electron chi connectivity index (χ1n) is 10.6. The van der Waals surface area contributed by atoms with Crippen LogP contribution in [-0.4, -0.2) is 51.7 Å². The summed E-state index contributed by atoms with van der Waals surface area (Å²) in [6, 6.07) is 12.0. The number of carbonyl (C=O) groups excluding carboxylic acids is 1. The molecule has 0 bridgehead atoms. The van der Waals surface area contributed by atoms with Gasteiger partial charge in [-0.1, -0.05) is 18.2 Å². The van der Waals surface area contributed by atoms with Crippen LogP contribution in [0.25, 0.3) is 11.1 Å². The molecule has 162 valence electrons. The van der Waals surface area contributed by atoms with Gasteiger partial charge < -0.3 is 19.9 Å². The fraction of sp³-hybridized carbons (Fsp3) is 0.391. The van der Waals surface area contributed by atoms with Gasteiger partial charge in [0, 0.05) is 19.6 Å². The molecule has 8 nitrogen and oxygen atoms in total. The molecular formula is C23H25N3O5. The summed E-state index contributed by atoms with van der Waals surface area (Å²) in [6.45, 7) is 1.89. The van der Waals surface area contributed by atoms with E-state index in [1.807, 2.05) is 18.2 Å². The number of amides is 1. The zero-order valence-electron chi connectivity index (χ0n) is 17.0. The van der Waals surface area contributed by atoms with E-state index < -0.39 is 11.2 Å². The number of aliphatic hydroxyl groups is 1. The van der Waals surface area contributed by atoms with Crippen LogP contribution in [0.3, 0.4) is 0 Å². The monoisotopic (exact) mass is 423 g/mol. The first-order valence-corrected chi connectivity index (χ1v) is 10.6. The van der Waals surface area contributed by atoms with Crippen LogP contribution in [-0.2, 0) is 10.2 Å². The highest BCUT2D eigenvalue weighted by Crippen LogP contribution is 2.49. The Morgan fingerprint density at radius 3 is 2.84 bits per heavy atom. The number of aromatic nitrogens is 1. The molecule has 1 aromatic heterocycles. The number of carbonyl (C=O) groups is 1. The molecule has 8 heteroatoms. The van der Waals surface area contributed by atoms with Crippen LogP contribution in [0.15, 0.2) is 51.7 Å². The number of aromatic amines is 1. The fourth-order valence-electron chi connectivity index (χ4n) is 4.53. The Morgan fingerprint density at radius 1 is 1.29 bits per heavy atom. The van der Waals surface area contributed by atoms with Gasteiger partial charge >= 0.3 is 5.76 Å². The van der Waals surface area contributed by atoms with Gasteiger partial charge in [-0.3, -0.25) is 14.7 Å². The van der Waals surface area contributed by atoms with Crippen LogP contribution in [0.2, 0.25) is 0 Å². The number of nitrogens with one attached hydrogen (secondary N) is 2. The number of β-amino-alcohol motifs (C(OH)–C–C–N with tert-alkyl or cyclic N) is 1. The molecule has 1 saturated carbocycles. The second kappa shape index (κ2) is 7.55. The molecule has 1 saturated heterocycles. The van der Waals surface area contributed by atoms with Gasteiger partial charge in [-0.05, 0) is 54.7 Å². The van der Waals surface area contributed by atoms with Crippen molar-refractivity contribution < 1.29 is 19.4 Å². The highest BCUT2D eigenvalue weighted by atomic mass is 16.4. The normalized spacial score (nSPS) is 21.3. The van der Waals surface area contributed by atoms with Crippen LogP contribution in [0.5, 0.6) is 5.75 Å². The Labute approximate surface area is 178 Å². The second-order valence-corrected chi connectivity index (χ2v) is 8.63. The molecule has 1 aliphatic heterocycles. The Morgan fingerprint density at radius 2 is 2.13 bits per heavy atom. The zero-order chi connectivity index (χ0) is 21.6. The summed E-state index contributed by atoms with van der Waals surface area (Å²) in [5.74, 6) is -0.447. The molecule has 0 spiro atoms. The average Bonchev–Trinajstić information content (AvgIpc) is 3.32. The number of rotatable bonds is 6. The number of fused-ring (bicyclic) bond motifs is 1. The van der Waals surface area contributed by atoms with Gasteiger partial charge in [0.15, 0.2) is 5.58 Å². The first-order chi connectivity index (χ1) is 14.9. The number of benzene rings is 2. The molecule has 5 rings (SSSR count). The van der Waals surface area contributed by atoms with Gasteiger partial charge in [0.1, 0.15) is 5.75 Å². The van der Waals surface area contributed by atoms with Gasteiger partial charge in [0.05, 0.1) is 23.1 Å². The van der Waals surface area contributed by atoms with Crippen LogP contribution in [0.4, 0.5) is 0 Å². The predicted molar refractivity (Wildman–Crippen MR) is 114 cm³/mol. The highest BCUT2D eigenvalue weighted by molar-refractivity contribution is 5.92. The molecule has 31 heavy (non-hydrogen) atoms. The van der Waals surface area contributed by atoms with Crippen LogP contribution in [0, 0.1) is 0 Å². The number of likely N-dealkylation sites (tertiary alicyclic amines) is 1. The summed E-state index contributed by atoms with van der Waals surface area (Å²) < 4.78 is 5.07. The number of phenolic OH excluding ortho intramolecular Hbond substituents is 1. The van der Waals surface area contributed by atoms with Crippen molar-refractivity contribution >= 4 is 17.0 Å². The molecule has 2 fully saturated rings. The maximum atomic E-state index is 13.4. The summed E-state index contributed by atoms with van der Waals surface area (Å²) in [5.41, 5.74) is 2.08. The van der Waals surface area contributed by atoms with E-state index in [-0.39, 0.29) is 23.8 Å². The fourth-order valence-corrected chi connectivity index (χ4v) is 4.53. The van der Waals surface area contributed by atoms with Crippen LogP contribution >= 0.6 is 0 Å². The average molecular weight is 423 g/mol. The number of aliphatic hydroxyl groups excluding tert-OH is 1. The molecule has 2 atom stereocenters. The summed E-state index contributed by atoms with van der Waals surface area (Å²) in [6.07, 6.45) is 1.82. The van der Waals surface area contributed by atoms with Crippen molar-refractivity contribution in [3.8, 4) is 5.75 Å². The van der Waals surface area contributed by atoms with E-state index in [9.17, 15) is 19.8 Å². The van der Waals surface area contributed by atoms with Gasteiger partial charge in [0.2, 0.25) is 5.91 Å². The zero-order valence-corrected chi connectivity index (χ0v) is 17.0. The Balaban J connectivity index is 1.40. The number of oxazole rings is 1. The SMILES string of the molecule is O=C(N[C@H](CN1CCC(O)C1)c1cccc(O)c1)C1(c2ccc3oc(=O)[nH]c3c2)CC1. The third-order valence-electron chi connectivity index (χ3n) is 6.42. The Kier molecular flexibility index (Phi) is 4.83. The number of aromatic hydroxyl groups is 1. The third-order valence-corrected chi connectivity index (χ3v) is 6.42. The molecule has 3 aromatic rings. The molecular weight excluding hydrogens is 398 g/mol. The lowest BCUT2D eigenvalue weighted by Gasteiger charge is -2.27. The molecule has 0 radical (unpaired) electrons. The van der Waals surface area contributed by atoms with E-state index in [0.29, 0.717) is 30.6 Å². The number of phenols is 1. The van der Waals surface area contributed by atoms with Crippen LogP contribution < -0.4 is 11.1 Å².